The first-order valence-corrected chi connectivity index (χ1v) is 7.46. The summed E-state index contributed by atoms with van der Waals surface area (Å²) in [6, 6.07) is 0. The van der Waals surface area contributed by atoms with Crippen molar-refractivity contribution in [2.45, 2.75) is 45.8 Å². The lowest BCUT2D eigenvalue weighted by atomic mass is 9.97. The Morgan fingerprint density at radius 2 is 2.33 bits per heavy atom. The van der Waals surface area contributed by atoms with Gasteiger partial charge in [-0.2, -0.15) is 5.10 Å². The Morgan fingerprint density at radius 1 is 1.56 bits per heavy atom. The average Bonchev–Trinajstić information content (AvgIpc) is 2.99. The van der Waals surface area contributed by atoms with Gasteiger partial charge in [-0.1, -0.05) is 6.92 Å². The van der Waals surface area contributed by atoms with E-state index in [1.54, 1.807) is 0 Å². The highest BCUT2D eigenvalue weighted by molar-refractivity contribution is 9.10. The fourth-order valence-electron chi connectivity index (χ4n) is 2.43. The molecule has 2 heterocycles. The number of rotatable bonds is 5. The first kappa shape index (κ1) is 14.0. The van der Waals surface area contributed by atoms with Crippen LogP contribution in [0.4, 0.5) is 0 Å². The van der Waals surface area contributed by atoms with E-state index >= 15 is 0 Å². The molecule has 1 fully saturated rings. The van der Waals surface area contributed by atoms with E-state index in [-0.39, 0.29) is 12.0 Å². The van der Waals surface area contributed by atoms with Gasteiger partial charge in [0, 0.05) is 25.5 Å². The van der Waals surface area contributed by atoms with Crippen molar-refractivity contribution in [3.8, 4) is 0 Å². The van der Waals surface area contributed by atoms with Gasteiger partial charge in [0.2, 0.25) is 0 Å². The van der Waals surface area contributed by atoms with Crippen molar-refractivity contribution in [2.24, 2.45) is 5.92 Å². The van der Waals surface area contributed by atoms with Crippen LogP contribution in [0.1, 0.15) is 31.7 Å². The summed E-state index contributed by atoms with van der Waals surface area (Å²) in [4.78, 5) is 0. The van der Waals surface area contributed by atoms with E-state index in [1.807, 2.05) is 4.68 Å². The molecule has 18 heavy (non-hydrogen) atoms. The monoisotopic (exact) mass is 316 g/mol. The van der Waals surface area contributed by atoms with Crippen LogP contribution in [0, 0.1) is 5.92 Å². The number of hydrogen-bond acceptors (Lipinski definition) is 3. The maximum absolute atomic E-state index is 10.3. The van der Waals surface area contributed by atoms with Crippen molar-refractivity contribution < 1.29 is 9.84 Å². The number of aliphatic hydroxyl groups excluding tert-OH is 1. The third kappa shape index (κ3) is 2.78. The number of nitrogens with zero attached hydrogens (tertiary/aromatic N) is 2. The third-order valence-corrected chi connectivity index (χ3v) is 4.52. The molecule has 1 aliphatic rings. The molecule has 0 radical (unpaired) electrons. The van der Waals surface area contributed by atoms with Crippen molar-refractivity contribution in [3.63, 3.8) is 0 Å². The number of aryl methyl sites for hydroxylation is 2. The van der Waals surface area contributed by atoms with Crippen LogP contribution in [0.15, 0.2) is 4.47 Å². The van der Waals surface area contributed by atoms with Crippen LogP contribution in [0.2, 0.25) is 0 Å². The van der Waals surface area contributed by atoms with E-state index in [1.165, 1.54) is 0 Å². The van der Waals surface area contributed by atoms with E-state index in [4.69, 9.17) is 4.74 Å². The van der Waals surface area contributed by atoms with Gasteiger partial charge < -0.3 is 9.84 Å². The largest absolute Gasteiger partial charge is 0.392 e. The van der Waals surface area contributed by atoms with Gasteiger partial charge in [0.05, 0.1) is 28.6 Å². The second-order valence-electron chi connectivity index (χ2n) is 4.77. The number of ether oxygens (including phenoxy) is 1. The Balaban J connectivity index is 2.14. The van der Waals surface area contributed by atoms with Crippen molar-refractivity contribution in [2.75, 3.05) is 13.2 Å². The molecule has 1 aromatic heterocycles. The molecule has 1 aromatic rings. The molecule has 0 aromatic carbocycles. The maximum atomic E-state index is 10.3. The first-order chi connectivity index (χ1) is 8.67. The summed E-state index contributed by atoms with van der Waals surface area (Å²) in [5.41, 5.74) is 2.18. The van der Waals surface area contributed by atoms with E-state index in [0.29, 0.717) is 13.0 Å². The molecule has 0 amide bonds. The lowest BCUT2D eigenvalue weighted by molar-refractivity contribution is 0.0901. The van der Waals surface area contributed by atoms with Gasteiger partial charge in [-0.25, -0.2) is 0 Å². The van der Waals surface area contributed by atoms with Crippen LogP contribution in [0.3, 0.4) is 0 Å². The summed E-state index contributed by atoms with van der Waals surface area (Å²) >= 11 is 3.61. The number of hydrogen-bond donors (Lipinski definition) is 1. The molecule has 0 aliphatic carbocycles. The standard InChI is InChI=1S/C13H21BrN2O2/c1-3-10-13(14)11(16(4-2)15-10)7-12(17)9-5-6-18-8-9/h9,12,17H,3-8H2,1-2H3. The van der Waals surface area contributed by atoms with Crippen molar-refractivity contribution in [1.82, 2.24) is 9.78 Å². The van der Waals surface area contributed by atoms with Gasteiger partial charge in [-0.05, 0) is 35.7 Å². The predicted molar refractivity (Wildman–Crippen MR) is 73.6 cm³/mol. The molecular formula is C13H21BrN2O2. The zero-order valence-corrected chi connectivity index (χ0v) is 12.6. The van der Waals surface area contributed by atoms with Gasteiger partial charge in [-0.15, -0.1) is 0 Å². The molecule has 1 N–H and O–H groups in total. The third-order valence-electron chi connectivity index (χ3n) is 3.61. The summed E-state index contributed by atoms with van der Waals surface area (Å²) in [5.74, 6) is 0.266. The minimum absolute atomic E-state index is 0.266. The summed E-state index contributed by atoms with van der Waals surface area (Å²) < 4.78 is 8.38. The Labute approximate surface area is 116 Å². The highest BCUT2D eigenvalue weighted by atomic mass is 79.9. The van der Waals surface area contributed by atoms with Gasteiger partial charge in [-0.3, -0.25) is 4.68 Å². The Morgan fingerprint density at radius 3 is 2.89 bits per heavy atom. The Hall–Kier alpha value is -0.390. The molecule has 5 heteroatoms. The van der Waals surface area contributed by atoms with Crippen LogP contribution in [0.5, 0.6) is 0 Å². The van der Waals surface area contributed by atoms with E-state index in [2.05, 4.69) is 34.9 Å². The minimum atomic E-state index is -0.337. The van der Waals surface area contributed by atoms with E-state index < -0.39 is 0 Å². The number of aliphatic hydroxyl groups is 1. The van der Waals surface area contributed by atoms with Crippen LogP contribution in [0.25, 0.3) is 0 Å². The zero-order valence-electron chi connectivity index (χ0n) is 11.0. The molecule has 2 unspecified atom stereocenters. The minimum Gasteiger partial charge on any atom is -0.392 e. The predicted octanol–water partition coefficient (Wildman–Crippen LogP) is 2.17. The fourth-order valence-corrected chi connectivity index (χ4v) is 3.16. The maximum Gasteiger partial charge on any atom is 0.0766 e. The van der Waals surface area contributed by atoms with Crippen LogP contribution in [-0.2, 0) is 24.1 Å². The zero-order chi connectivity index (χ0) is 13.1. The molecule has 0 saturated carbocycles. The normalized spacial score (nSPS) is 21.4. The molecule has 0 bridgehead atoms. The van der Waals surface area contributed by atoms with E-state index in [0.717, 1.165) is 41.9 Å². The van der Waals surface area contributed by atoms with Gasteiger partial charge in [0.25, 0.3) is 0 Å². The second-order valence-corrected chi connectivity index (χ2v) is 5.56. The first-order valence-electron chi connectivity index (χ1n) is 6.67. The highest BCUT2D eigenvalue weighted by Gasteiger charge is 2.26. The SMILES string of the molecule is CCc1nn(CC)c(CC(O)C2CCOC2)c1Br. The smallest absolute Gasteiger partial charge is 0.0766 e. The second kappa shape index (κ2) is 6.17. The van der Waals surface area contributed by atoms with Crippen LogP contribution in [-0.4, -0.2) is 34.2 Å². The van der Waals surface area contributed by atoms with E-state index in [9.17, 15) is 5.11 Å². The summed E-state index contributed by atoms with van der Waals surface area (Å²) in [7, 11) is 0. The number of halogens is 1. The molecule has 1 aliphatic heterocycles. The molecule has 102 valence electrons. The van der Waals surface area contributed by atoms with Crippen molar-refractivity contribution in [3.05, 3.63) is 15.9 Å². The lowest BCUT2D eigenvalue weighted by Gasteiger charge is -2.17. The summed E-state index contributed by atoms with van der Waals surface area (Å²) in [6.07, 6.45) is 2.17. The topological polar surface area (TPSA) is 47.3 Å². The van der Waals surface area contributed by atoms with Gasteiger partial charge in [0.1, 0.15) is 0 Å². The van der Waals surface area contributed by atoms with Crippen molar-refractivity contribution >= 4 is 15.9 Å². The highest BCUT2D eigenvalue weighted by Crippen LogP contribution is 2.26. The fraction of sp³-hybridized carbons (Fsp3) is 0.769. The van der Waals surface area contributed by atoms with Crippen LogP contribution >= 0.6 is 15.9 Å². The quantitative estimate of drug-likeness (QED) is 0.905. The molecule has 2 rings (SSSR count). The Bertz CT molecular complexity index is 400. The summed E-state index contributed by atoms with van der Waals surface area (Å²) in [5, 5.41) is 14.8. The average molecular weight is 317 g/mol. The van der Waals surface area contributed by atoms with Gasteiger partial charge in [0.15, 0.2) is 0 Å². The van der Waals surface area contributed by atoms with Crippen molar-refractivity contribution in [1.29, 1.82) is 0 Å². The molecule has 2 atom stereocenters. The number of aromatic nitrogens is 2. The van der Waals surface area contributed by atoms with Crippen LogP contribution < -0.4 is 0 Å². The Kier molecular flexibility index (Phi) is 4.81. The lowest BCUT2D eigenvalue weighted by Crippen LogP contribution is -2.24. The van der Waals surface area contributed by atoms with Gasteiger partial charge >= 0.3 is 0 Å². The summed E-state index contributed by atoms with van der Waals surface area (Å²) in [6.45, 7) is 6.46. The molecular weight excluding hydrogens is 296 g/mol. The molecule has 0 spiro atoms. The molecule has 1 saturated heterocycles. The molecule has 4 nitrogen and oxygen atoms in total.